The van der Waals surface area contributed by atoms with Crippen molar-refractivity contribution >= 4 is 22.8 Å². The summed E-state index contributed by atoms with van der Waals surface area (Å²) in [7, 11) is 1.72. The average Bonchev–Trinajstić information content (AvgIpc) is 3.20. The van der Waals surface area contributed by atoms with Gasteiger partial charge in [0.1, 0.15) is 12.9 Å². The van der Waals surface area contributed by atoms with Gasteiger partial charge < -0.3 is 8.98 Å². The second kappa shape index (κ2) is 6.84. The lowest BCUT2D eigenvalue weighted by Crippen LogP contribution is -2.22. The number of aromatic nitrogens is 6. The van der Waals surface area contributed by atoms with Crippen molar-refractivity contribution in [1.82, 2.24) is 28.9 Å². The number of hydrogen-bond donors (Lipinski definition) is 0. The van der Waals surface area contributed by atoms with Crippen LogP contribution in [-0.2, 0) is 26.6 Å². The topological polar surface area (TPSA) is 101 Å². The Morgan fingerprint density at radius 2 is 1.85 bits per heavy atom. The van der Waals surface area contributed by atoms with E-state index in [1.807, 2.05) is 12.1 Å². The molecular formula is C17H15ClN6O3. The number of halogens is 1. The van der Waals surface area contributed by atoms with Gasteiger partial charge in [-0.25, -0.2) is 14.8 Å². The summed E-state index contributed by atoms with van der Waals surface area (Å²) in [6, 6.07) is 7.37. The number of hydrogen-bond acceptors (Lipinski definition) is 6. The van der Waals surface area contributed by atoms with Crippen molar-refractivity contribution < 1.29 is 4.42 Å². The van der Waals surface area contributed by atoms with Crippen LogP contribution in [0.2, 0.25) is 5.02 Å². The second-order valence-corrected chi connectivity index (χ2v) is 6.50. The SMILES string of the molecule is Cn1cnc2ncn(Cc3nn(CCc4ccc(Cl)cc4)c(=O)o3)c(=O)c21. The number of fused-ring (bicyclic) bond motifs is 1. The lowest BCUT2D eigenvalue weighted by Gasteiger charge is -2.02. The molecule has 3 heterocycles. The largest absolute Gasteiger partial charge is 0.437 e. The Hall–Kier alpha value is -3.20. The lowest BCUT2D eigenvalue weighted by atomic mass is 10.1. The fraction of sp³-hybridized carbons (Fsp3) is 0.235. The van der Waals surface area contributed by atoms with Gasteiger partial charge in [0.05, 0.1) is 12.9 Å². The molecule has 0 unspecified atom stereocenters. The highest BCUT2D eigenvalue weighted by Crippen LogP contribution is 2.10. The van der Waals surface area contributed by atoms with E-state index in [2.05, 4.69) is 15.1 Å². The average molecular weight is 387 g/mol. The highest BCUT2D eigenvalue weighted by atomic mass is 35.5. The van der Waals surface area contributed by atoms with Crippen molar-refractivity contribution in [2.75, 3.05) is 0 Å². The molecule has 0 atom stereocenters. The van der Waals surface area contributed by atoms with Gasteiger partial charge in [0.25, 0.3) is 5.56 Å². The van der Waals surface area contributed by atoms with E-state index < -0.39 is 5.76 Å². The molecule has 0 aliphatic heterocycles. The Bertz CT molecular complexity index is 1220. The van der Waals surface area contributed by atoms with Gasteiger partial charge in [-0.05, 0) is 24.1 Å². The number of nitrogens with zero attached hydrogens (tertiary/aromatic N) is 6. The van der Waals surface area contributed by atoms with Gasteiger partial charge in [-0.2, -0.15) is 4.68 Å². The highest BCUT2D eigenvalue weighted by Gasteiger charge is 2.13. The van der Waals surface area contributed by atoms with Gasteiger partial charge in [-0.15, -0.1) is 5.10 Å². The molecule has 0 radical (unpaired) electrons. The number of imidazole rings is 1. The van der Waals surface area contributed by atoms with E-state index in [1.165, 1.54) is 21.9 Å². The monoisotopic (exact) mass is 386 g/mol. The van der Waals surface area contributed by atoms with Crippen molar-refractivity contribution in [2.24, 2.45) is 7.05 Å². The maximum absolute atomic E-state index is 12.5. The summed E-state index contributed by atoms with van der Waals surface area (Å²) in [5.74, 6) is -0.428. The van der Waals surface area contributed by atoms with Crippen LogP contribution in [-0.4, -0.2) is 28.9 Å². The minimum atomic E-state index is -0.568. The first kappa shape index (κ1) is 17.2. The molecule has 4 aromatic rings. The normalized spacial score (nSPS) is 11.3. The third-order valence-electron chi connectivity index (χ3n) is 4.18. The van der Waals surface area contributed by atoms with Crippen molar-refractivity contribution in [3.8, 4) is 0 Å². The zero-order valence-corrected chi connectivity index (χ0v) is 15.1. The molecule has 10 heteroatoms. The Morgan fingerprint density at radius 1 is 1.11 bits per heavy atom. The van der Waals surface area contributed by atoms with Crippen molar-refractivity contribution in [2.45, 2.75) is 19.5 Å². The standard InChI is InChI=1S/C17H15ClN6O3/c1-22-9-19-15-14(22)16(25)23(10-20-15)8-13-21-24(17(26)27-13)7-6-11-2-4-12(18)5-3-11/h2-5,9-10H,6-8H2,1H3. The lowest BCUT2D eigenvalue weighted by molar-refractivity contribution is 0.434. The molecule has 0 N–H and O–H groups in total. The van der Waals surface area contributed by atoms with E-state index in [0.717, 1.165) is 5.56 Å². The number of aryl methyl sites for hydroxylation is 3. The summed E-state index contributed by atoms with van der Waals surface area (Å²) in [5.41, 5.74) is 1.49. The van der Waals surface area contributed by atoms with Crippen LogP contribution in [0.25, 0.3) is 11.2 Å². The third-order valence-corrected chi connectivity index (χ3v) is 4.43. The van der Waals surface area contributed by atoms with Crippen LogP contribution in [0.1, 0.15) is 11.5 Å². The fourth-order valence-electron chi connectivity index (χ4n) is 2.77. The van der Waals surface area contributed by atoms with E-state index in [4.69, 9.17) is 16.0 Å². The second-order valence-electron chi connectivity index (χ2n) is 6.07. The maximum Gasteiger partial charge on any atom is 0.437 e. The minimum Gasteiger partial charge on any atom is -0.390 e. The van der Waals surface area contributed by atoms with Gasteiger partial charge >= 0.3 is 5.76 Å². The molecule has 1 aromatic carbocycles. The molecule has 0 amide bonds. The zero-order chi connectivity index (χ0) is 19.0. The van der Waals surface area contributed by atoms with E-state index in [9.17, 15) is 9.59 Å². The molecule has 0 aliphatic rings. The van der Waals surface area contributed by atoms with E-state index in [1.54, 1.807) is 23.7 Å². The molecule has 138 valence electrons. The highest BCUT2D eigenvalue weighted by molar-refractivity contribution is 6.30. The molecule has 0 bridgehead atoms. The Balaban J connectivity index is 1.54. The quantitative estimate of drug-likeness (QED) is 0.511. The predicted octanol–water partition coefficient (Wildman–Crippen LogP) is 1.22. The molecule has 3 aromatic heterocycles. The van der Waals surface area contributed by atoms with Crippen molar-refractivity contribution in [1.29, 1.82) is 0 Å². The summed E-state index contributed by atoms with van der Waals surface area (Å²) in [4.78, 5) is 32.7. The van der Waals surface area contributed by atoms with Crippen LogP contribution in [0, 0.1) is 0 Å². The molecule has 0 fully saturated rings. The molecule has 9 nitrogen and oxygen atoms in total. The summed E-state index contributed by atoms with van der Waals surface area (Å²) >= 11 is 5.87. The van der Waals surface area contributed by atoms with E-state index >= 15 is 0 Å². The molecule has 0 spiro atoms. The van der Waals surface area contributed by atoms with Crippen molar-refractivity contribution in [3.63, 3.8) is 0 Å². The molecule has 4 rings (SSSR count). The zero-order valence-electron chi connectivity index (χ0n) is 14.4. The smallest absolute Gasteiger partial charge is 0.390 e. The number of benzene rings is 1. The first-order valence-electron chi connectivity index (χ1n) is 8.19. The van der Waals surface area contributed by atoms with Crippen LogP contribution in [0.3, 0.4) is 0 Å². The van der Waals surface area contributed by atoms with Crippen molar-refractivity contribution in [3.05, 3.63) is 74.3 Å². The molecule has 0 saturated carbocycles. The summed E-state index contributed by atoms with van der Waals surface area (Å²) in [5, 5.41) is 4.83. The van der Waals surface area contributed by atoms with Gasteiger partial charge in [0.2, 0.25) is 5.89 Å². The summed E-state index contributed by atoms with van der Waals surface area (Å²) in [6.45, 7) is 0.369. The van der Waals surface area contributed by atoms with Crippen LogP contribution in [0.5, 0.6) is 0 Å². The van der Waals surface area contributed by atoms with Crippen LogP contribution in [0.4, 0.5) is 0 Å². The Morgan fingerprint density at radius 3 is 2.63 bits per heavy atom. The Labute approximate surface area is 157 Å². The Kier molecular flexibility index (Phi) is 4.36. The van der Waals surface area contributed by atoms with Gasteiger partial charge in [0, 0.05) is 12.1 Å². The molecule has 0 saturated heterocycles. The first-order chi connectivity index (χ1) is 13.0. The van der Waals surface area contributed by atoms with Crippen LogP contribution >= 0.6 is 11.6 Å². The van der Waals surface area contributed by atoms with E-state index in [0.29, 0.717) is 29.2 Å². The number of rotatable bonds is 5. The summed E-state index contributed by atoms with van der Waals surface area (Å²) in [6.07, 6.45) is 3.49. The van der Waals surface area contributed by atoms with Crippen LogP contribution < -0.4 is 11.3 Å². The summed E-state index contributed by atoms with van der Waals surface area (Å²) < 4.78 is 9.34. The third kappa shape index (κ3) is 3.41. The first-order valence-corrected chi connectivity index (χ1v) is 8.57. The molecular weight excluding hydrogens is 372 g/mol. The van der Waals surface area contributed by atoms with Gasteiger partial charge in [-0.1, -0.05) is 23.7 Å². The maximum atomic E-state index is 12.5. The molecule has 0 aliphatic carbocycles. The minimum absolute atomic E-state index is 0.0101. The fourth-order valence-corrected chi connectivity index (χ4v) is 2.90. The van der Waals surface area contributed by atoms with E-state index in [-0.39, 0.29) is 18.0 Å². The molecule has 27 heavy (non-hydrogen) atoms. The van der Waals surface area contributed by atoms with Gasteiger partial charge in [-0.3, -0.25) is 9.36 Å². The van der Waals surface area contributed by atoms with Gasteiger partial charge in [0.15, 0.2) is 11.2 Å². The van der Waals surface area contributed by atoms with Crippen LogP contribution in [0.15, 0.2) is 50.9 Å². The predicted molar refractivity (Wildman–Crippen MR) is 97.8 cm³/mol.